The smallest absolute Gasteiger partial charge is 0.328 e. The minimum atomic E-state index is -0.925. The average Bonchev–Trinajstić information content (AvgIpc) is 2.28. The third-order valence-electron chi connectivity index (χ3n) is 2.46. The van der Waals surface area contributed by atoms with Gasteiger partial charge in [-0.3, -0.25) is 0 Å². The number of aliphatic carboxylic acids is 1. The van der Waals surface area contributed by atoms with Crippen molar-refractivity contribution in [2.45, 2.75) is 27.2 Å². The van der Waals surface area contributed by atoms with E-state index in [9.17, 15) is 4.79 Å². The zero-order valence-electron chi connectivity index (χ0n) is 10.5. The number of aryl methyl sites for hydroxylation is 1. The van der Waals surface area contributed by atoms with E-state index in [1.807, 2.05) is 39.0 Å². The van der Waals surface area contributed by atoms with Crippen molar-refractivity contribution in [1.29, 1.82) is 0 Å². The van der Waals surface area contributed by atoms with Gasteiger partial charge in [-0.15, -0.1) is 0 Å². The monoisotopic (exact) mass is 234 g/mol. The fraction of sp³-hybridized carbons (Fsp3) is 0.357. The summed E-state index contributed by atoms with van der Waals surface area (Å²) in [6.07, 6.45) is 1.91. The topological polar surface area (TPSA) is 46.5 Å². The first-order chi connectivity index (χ1) is 8.08. The van der Waals surface area contributed by atoms with Crippen molar-refractivity contribution >= 4 is 11.5 Å². The van der Waals surface area contributed by atoms with Crippen LogP contribution >= 0.6 is 0 Å². The second-order valence-electron chi connectivity index (χ2n) is 3.79. The van der Waals surface area contributed by atoms with Crippen LogP contribution in [0.15, 0.2) is 24.3 Å². The normalized spacial score (nSPS) is 11.4. The van der Waals surface area contributed by atoms with Crippen molar-refractivity contribution in [3.8, 4) is 5.75 Å². The third kappa shape index (κ3) is 3.63. The molecule has 0 atom stereocenters. The molecule has 1 rings (SSSR count). The minimum absolute atomic E-state index is 0.570. The zero-order chi connectivity index (χ0) is 12.8. The standard InChI is InChI=1S/C14H18O3/c1-4-11(9-14(15)16)12-8-10(3)6-7-13(12)17-5-2/h6-9H,4-5H2,1-3H3,(H,15,16)/b11-9+. The van der Waals surface area contributed by atoms with Crippen LogP contribution in [0.25, 0.3) is 5.57 Å². The van der Waals surface area contributed by atoms with E-state index >= 15 is 0 Å². The molecular formula is C14H18O3. The van der Waals surface area contributed by atoms with Gasteiger partial charge in [-0.05, 0) is 38.0 Å². The Kier molecular flexibility index (Phi) is 4.76. The van der Waals surface area contributed by atoms with Crippen molar-refractivity contribution in [1.82, 2.24) is 0 Å². The van der Waals surface area contributed by atoms with Crippen LogP contribution in [-0.2, 0) is 4.79 Å². The van der Waals surface area contributed by atoms with Gasteiger partial charge in [-0.1, -0.05) is 18.6 Å². The second-order valence-corrected chi connectivity index (χ2v) is 3.79. The number of ether oxygens (including phenoxy) is 1. The molecule has 0 radical (unpaired) electrons. The molecule has 0 spiro atoms. The van der Waals surface area contributed by atoms with Crippen molar-refractivity contribution in [3.63, 3.8) is 0 Å². The number of hydrogen-bond acceptors (Lipinski definition) is 2. The van der Waals surface area contributed by atoms with Crippen LogP contribution in [-0.4, -0.2) is 17.7 Å². The molecule has 1 aromatic carbocycles. The molecule has 0 aliphatic rings. The molecule has 0 amide bonds. The van der Waals surface area contributed by atoms with Crippen LogP contribution < -0.4 is 4.74 Å². The van der Waals surface area contributed by atoms with E-state index in [0.717, 1.165) is 22.4 Å². The Morgan fingerprint density at radius 2 is 2.12 bits per heavy atom. The van der Waals surface area contributed by atoms with E-state index < -0.39 is 5.97 Å². The summed E-state index contributed by atoms with van der Waals surface area (Å²) in [6.45, 7) is 6.40. The molecule has 0 fully saturated rings. The third-order valence-corrected chi connectivity index (χ3v) is 2.46. The number of benzene rings is 1. The molecule has 0 unspecified atom stereocenters. The molecule has 92 valence electrons. The Morgan fingerprint density at radius 3 is 2.65 bits per heavy atom. The first-order valence-electron chi connectivity index (χ1n) is 5.75. The van der Waals surface area contributed by atoms with E-state index in [4.69, 9.17) is 9.84 Å². The molecule has 3 heteroatoms. The van der Waals surface area contributed by atoms with Crippen LogP contribution in [0.5, 0.6) is 5.75 Å². The van der Waals surface area contributed by atoms with Gasteiger partial charge in [0.1, 0.15) is 5.75 Å². The lowest BCUT2D eigenvalue weighted by molar-refractivity contribution is -0.131. The molecule has 0 saturated heterocycles. The maximum absolute atomic E-state index is 10.8. The Hall–Kier alpha value is -1.77. The first-order valence-corrected chi connectivity index (χ1v) is 5.75. The van der Waals surface area contributed by atoms with Gasteiger partial charge in [0.05, 0.1) is 6.61 Å². The molecule has 0 aliphatic heterocycles. The molecule has 1 N–H and O–H groups in total. The maximum Gasteiger partial charge on any atom is 0.328 e. The van der Waals surface area contributed by atoms with Gasteiger partial charge in [0.15, 0.2) is 0 Å². The minimum Gasteiger partial charge on any atom is -0.493 e. The summed E-state index contributed by atoms with van der Waals surface area (Å²) >= 11 is 0. The van der Waals surface area contributed by atoms with Gasteiger partial charge in [-0.2, -0.15) is 0 Å². The van der Waals surface area contributed by atoms with Gasteiger partial charge in [0.25, 0.3) is 0 Å². The summed E-state index contributed by atoms with van der Waals surface area (Å²) in [5.41, 5.74) is 2.74. The molecule has 1 aromatic rings. The van der Waals surface area contributed by atoms with Gasteiger partial charge in [0, 0.05) is 11.6 Å². The lowest BCUT2D eigenvalue weighted by Gasteiger charge is -2.12. The van der Waals surface area contributed by atoms with Gasteiger partial charge < -0.3 is 9.84 Å². The average molecular weight is 234 g/mol. The lowest BCUT2D eigenvalue weighted by Crippen LogP contribution is -1.98. The fourth-order valence-electron chi connectivity index (χ4n) is 1.70. The Labute approximate surface area is 102 Å². The molecular weight excluding hydrogens is 216 g/mol. The van der Waals surface area contributed by atoms with Gasteiger partial charge >= 0.3 is 5.97 Å². The van der Waals surface area contributed by atoms with Gasteiger partial charge in [-0.25, -0.2) is 4.79 Å². The predicted octanol–water partition coefficient (Wildman–Crippen LogP) is 3.27. The van der Waals surface area contributed by atoms with Crippen LogP contribution in [0.3, 0.4) is 0 Å². The highest BCUT2D eigenvalue weighted by Crippen LogP contribution is 2.29. The van der Waals surface area contributed by atoms with Crippen molar-refractivity contribution in [3.05, 3.63) is 35.4 Å². The van der Waals surface area contributed by atoms with Gasteiger partial charge in [0.2, 0.25) is 0 Å². The number of rotatable bonds is 5. The Balaban J connectivity index is 3.25. The molecule has 0 saturated carbocycles. The van der Waals surface area contributed by atoms with Crippen LogP contribution in [0.4, 0.5) is 0 Å². The Morgan fingerprint density at radius 1 is 1.41 bits per heavy atom. The molecule has 0 aromatic heterocycles. The second kappa shape index (κ2) is 6.09. The fourth-order valence-corrected chi connectivity index (χ4v) is 1.70. The lowest BCUT2D eigenvalue weighted by atomic mass is 10.00. The van der Waals surface area contributed by atoms with E-state index in [-0.39, 0.29) is 0 Å². The summed E-state index contributed by atoms with van der Waals surface area (Å²) < 4.78 is 5.52. The quantitative estimate of drug-likeness (QED) is 0.795. The van der Waals surface area contributed by atoms with Crippen molar-refractivity contribution in [2.75, 3.05) is 6.61 Å². The summed E-state index contributed by atoms with van der Waals surface area (Å²) in [6, 6.07) is 5.81. The van der Waals surface area contributed by atoms with Crippen LogP contribution in [0, 0.1) is 6.92 Å². The van der Waals surface area contributed by atoms with Crippen molar-refractivity contribution < 1.29 is 14.6 Å². The largest absolute Gasteiger partial charge is 0.493 e. The van der Waals surface area contributed by atoms with E-state index in [2.05, 4.69) is 0 Å². The van der Waals surface area contributed by atoms with E-state index in [0.29, 0.717) is 13.0 Å². The number of hydrogen-bond donors (Lipinski definition) is 1. The molecule has 0 bridgehead atoms. The van der Waals surface area contributed by atoms with Crippen LogP contribution in [0.1, 0.15) is 31.4 Å². The Bertz CT molecular complexity index is 433. The molecule has 0 heterocycles. The first kappa shape index (κ1) is 13.3. The number of carboxylic acids is 1. The zero-order valence-corrected chi connectivity index (χ0v) is 10.5. The van der Waals surface area contributed by atoms with Crippen molar-refractivity contribution in [2.24, 2.45) is 0 Å². The predicted molar refractivity (Wildman–Crippen MR) is 68.3 cm³/mol. The highest BCUT2D eigenvalue weighted by molar-refractivity contribution is 5.91. The number of carboxylic acid groups (broad SMARTS) is 1. The summed E-state index contributed by atoms with van der Waals surface area (Å²) in [5.74, 6) is -0.182. The highest BCUT2D eigenvalue weighted by atomic mass is 16.5. The highest BCUT2D eigenvalue weighted by Gasteiger charge is 2.09. The molecule has 17 heavy (non-hydrogen) atoms. The summed E-state index contributed by atoms with van der Waals surface area (Å²) in [5, 5.41) is 8.85. The van der Waals surface area contributed by atoms with Crippen LogP contribution in [0.2, 0.25) is 0 Å². The van der Waals surface area contributed by atoms with E-state index in [1.54, 1.807) is 0 Å². The number of carbonyl (C=O) groups is 1. The van der Waals surface area contributed by atoms with E-state index in [1.165, 1.54) is 6.08 Å². The number of allylic oxidation sites excluding steroid dienone is 1. The summed E-state index contributed by atoms with van der Waals surface area (Å²) in [4.78, 5) is 10.8. The summed E-state index contributed by atoms with van der Waals surface area (Å²) in [7, 11) is 0. The maximum atomic E-state index is 10.8. The molecule has 3 nitrogen and oxygen atoms in total. The SMILES string of the molecule is CCOc1ccc(C)cc1/C(=C/C(=O)O)CC. The molecule has 0 aliphatic carbocycles.